The van der Waals surface area contributed by atoms with E-state index in [0.29, 0.717) is 12.1 Å². The molecule has 0 atom stereocenters. The topological polar surface area (TPSA) is 72.2 Å². The first kappa shape index (κ1) is 15.0. The number of nitrogens with one attached hydrogen (secondary N) is 1. The number of para-hydroxylation sites is 1. The van der Waals surface area contributed by atoms with E-state index < -0.39 is 4.92 Å². The summed E-state index contributed by atoms with van der Waals surface area (Å²) in [5.74, 6) is -0.360. The maximum absolute atomic E-state index is 12.2. The fourth-order valence-electron chi connectivity index (χ4n) is 2.34. The Bertz CT molecular complexity index is 541. The quantitative estimate of drug-likeness (QED) is 0.491. The predicted octanol–water partition coefficient (Wildman–Crippen LogP) is 3.20. The lowest BCUT2D eigenvalue weighted by molar-refractivity contribution is -0.385. The van der Waals surface area contributed by atoms with Gasteiger partial charge < -0.3 is 5.32 Å². The SMILES string of the molecule is Cc1cccc(C(=O)NCC2(CCBr)CC2)c1[N+](=O)[O-]. The number of nitro benzene ring substituents is 1. The van der Waals surface area contributed by atoms with E-state index in [0.717, 1.165) is 24.6 Å². The van der Waals surface area contributed by atoms with E-state index in [-0.39, 0.29) is 22.6 Å². The Kier molecular flexibility index (Phi) is 4.42. The van der Waals surface area contributed by atoms with Crippen molar-refractivity contribution >= 4 is 27.5 Å². The van der Waals surface area contributed by atoms with Crippen LogP contribution in [-0.4, -0.2) is 22.7 Å². The Labute approximate surface area is 126 Å². The lowest BCUT2D eigenvalue weighted by Gasteiger charge is -2.14. The number of rotatable bonds is 6. The fraction of sp³-hybridized carbons (Fsp3) is 0.500. The molecular formula is C14H17BrN2O3. The predicted molar refractivity (Wildman–Crippen MR) is 80.2 cm³/mol. The Morgan fingerprint density at radius 2 is 2.20 bits per heavy atom. The first-order valence-corrected chi connectivity index (χ1v) is 7.69. The highest BCUT2D eigenvalue weighted by atomic mass is 79.9. The number of halogens is 1. The van der Waals surface area contributed by atoms with Crippen LogP contribution in [0.15, 0.2) is 18.2 Å². The summed E-state index contributed by atoms with van der Waals surface area (Å²) in [6, 6.07) is 4.81. The number of nitrogens with zero attached hydrogens (tertiary/aromatic N) is 1. The minimum atomic E-state index is -0.490. The summed E-state index contributed by atoms with van der Waals surface area (Å²) in [5, 5.41) is 14.8. The van der Waals surface area contributed by atoms with Gasteiger partial charge in [0, 0.05) is 17.4 Å². The van der Waals surface area contributed by atoms with E-state index in [1.807, 2.05) is 0 Å². The molecule has 1 N–H and O–H groups in total. The van der Waals surface area contributed by atoms with Crippen LogP contribution < -0.4 is 5.32 Å². The summed E-state index contributed by atoms with van der Waals surface area (Å²) in [6.45, 7) is 2.23. The van der Waals surface area contributed by atoms with Gasteiger partial charge in [0.25, 0.3) is 11.6 Å². The standard InChI is InChI=1S/C14H17BrN2O3/c1-10-3-2-4-11(12(10)17(19)20)13(18)16-9-14(5-6-14)7-8-15/h2-4H,5-9H2,1H3,(H,16,18). The molecule has 1 fully saturated rings. The van der Waals surface area contributed by atoms with Gasteiger partial charge >= 0.3 is 0 Å². The van der Waals surface area contributed by atoms with Crippen molar-refractivity contribution in [1.29, 1.82) is 0 Å². The Hall–Kier alpha value is -1.43. The van der Waals surface area contributed by atoms with E-state index in [1.165, 1.54) is 6.07 Å². The molecule has 0 aliphatic heterocycles. The van der Waals surface area contributed by atoms with Crippen molar-refractivity contribution in [2.24, 2.45) is 5.41 Å². The third-order valence-electron chi connectivity index (χ3n) is 3.87. The molecule has 20 heavy (non-hydrogen) atoms. The zero-order valence-electron chi connectivity index (χ0n) is 11.3. The van der Waals surface area contributed by atoms with Gasteiger partial charge in [0.15, 0.2) is 0 Å². The van der Waals surface area contributed by atoms with Gasteiger partial charge in [0.2, 0.25) is 0 Å². The van der Waals surface area contributed by atoms with Crippen molar-refractivity contribution in [3.8, 4) is 0 Å². The molecular weight excluding hydrogens is 324 g/mol. The molecule has 0 aromatic heterocycles. The molecule has 0 bridgehead atoms. The second-order valence-corrected chi connectivity index (χ2v) is 6.14. The summed E-state index contributed by atoms with van der Waals surface area (Å²) in [6.07, 6.45) is 3.23. The summed E-state index contributed by atoms with van der Waals surface area (Å²) < 4.78 is 0. The van der Waals surface area contributed by atoms with Gasteiger partial charge in [-0.05, 0) is 37.7 Å². The number of aryl methyl sites for hydroxylation is 1. The van der Waals surface area contributed by atoms with Crippen molar-refractivity contribution in [3.63, 3.8) is 0 Å². The molecule has 6 heteroatoms. The zero-order chi connectivity index (χ0) is 14.8. The molecule has 108 valence electrons. The van der Waals surface area contributed by atoms with Gasteiger partial charge in [0.1, 0.15) is 5.56 Å². The summed E-state index contributed by atoms with van der Waals surface area (Å²) >= 11 is 3.42. The van der Waals surface area contributed by atoms with E-state index in [1.54, 1.807) is 19.1 Å². The smallest absolute Gasteiger partial charge is 0.285 e. The maximum Gasteiger partial charge on any atom is 0.285 e. The number of hydrogen-bond acceptors (Lipinski definition) is 3. The van der Waals surface area contributed by atoms with Crippen molar-refractivity contribution in [3.05, 3.63) is 39.4 Å². The van der Waals surface area contributed by atoms with Crippen molar-refractivity contribution in [2.75, 3.05) is 11.9 Å². The van der Waals surface area contributed by atoms with E-state index >= 15 is 0 Å². The van der Waals surface area contributed by atoms with Crippen LogP contribution in [0.2, 0.25) is 0 Å². The number of nitro groups is 1. The number of alkyl halides is 1. The average Bonchev–Trinajstić information content (AvgIpc) is 3.16. The highest BCUT2D eigenvalue weighted by Crippen LogP contribution is 2.48. The zero-order valence-corrected chi connectivity index (χ0v) is 12.9. The molecule has 0 unspecified atom stereocenters. The molecule has 2 rings (SSSR count). The summed E-state index contributed by atoms with van der Waals surface area (Å²) in [5.41, 5.74) is 0.738. The van der Waals surface area contributed by atoms with E-state index in [4.69, 9.17) is 0 Å². The van der Waals surface area contributed by atoms with Gasteiger partial charge in [0.05, 0.1) is 4.92 Å². The van der Waals surface area contributed by atoms with E-state index in [9.17, 15) is 14.9 Å². The third kappa shape index (κ3) is 3.17. The van der Waals surface area contributed by atoms with Crippen LogP contribution in [0.1, 0.15) is 35.2 Å². The van der Waals surface area contributed by atoms with Gasteiger partial charge in [-0.3, -0.25) is 14.9 Å². The molecule has 5 nitrogen and oxygen atoms in total. The average molecular weight is 341 g/mol. The van der Waals surface area contributed by atoms with Crippen LogP contribution in [0.5, 0.6) is 0 Å². The molecule has 1 aromatic rings. The second-order valence-electron chi connectivity index (χ2n) is 5.35. The van der Waals surface area contributed by atoms with Gasteiger partial charge in [-0.1, -0.05) is 28.1 Å². The van der Waals surface area contributed by atoms with Crippen molar-refractivity contribution in [2.45, 2.75) is 26.2 Å². The lowest BCUT2D eigenvalue weighted by Crippen LogP contribution is -2.31. The molecule has 1 aliphatic rings. The highest BCUT2D eigenvalue weighted by Gasteiger charge is 2.42. The minimum absolute atomic E-state index is 0.102. The van der Waals surface area contributed by atoms with Crippen LogP contribution >= 0.6 is 15.9 Å². The fourth-order valence-corrected chi connectivity index (χ4v) is 3.18. The minimum Gasteiger partial charge on any atom is -0.351 e. The molecule has 1 amide bonds. The maximum atomic E-state index is 12.2. The number of amides is 1. The van der Waals surface area contributed by atoms with Crippen molar-refractivity contribution in [1.82, 2.24) is 5.32 Å². The van der Waals surface area contributed by atoms with Crippen LogP contribution in [0.25, 0.3) is 0 Å². The molecule has 1 saturated carbocycles. The van der Waals surface area contributed by atoms with Crippen LogP contribution in [-0.2, 0) is 0 Å². The lowest BCUT2D eigenvalue weighted by atomic mass is 10.0. The first-order valence-electron chi connectivity index (χ1n) is 6.57. The largest absolute Gasteiger partial charge is 0.351 e. The summed E-state index contributed by atoms with van der Waals surface area (Å²) in [4.78, 5) is 22.8. The first-order chi connectivity index (χ1) is 9.49. The molecule has 0 radical (unpaired) electrons. The van der Waals surface area contributed by atoms with Crippen molar-refractivity contribution < 1.29 is 9.72 Å². The normalized spacial score (nSPS) is 15.7. The van der Waals surface area contributed by atoms with Gasteiger partial charge in [-0.25, -0.2) is 0 Å². The highest BCUT2D eigenvalue weighted by molar-refractivity contribution is 9.09. The summed E-state index contributed by atoms with van der Waals surface area (Å²) in [7, 11) is 0. The number of carbonyl (C=O) groups excluding carboxylic acids is 1. The Morgan fingerprint density at radius 1 is 1.50 bits per heavy atom. The molecule has 0 heterocycles. The monoisotopic (exact) mass is 340 g/mol. The Balaban J connectivity index is 2.10. The Morgan fingerprint density at radius 3 is 2.75 bits per heavy atom. The molecule has 0 spiro atoms. The van der Waals surface area contributed by atoms with Gasteiger partial charge in [-0.15, -0.1) is 0 Å². The second kappa shape index (κ2) is 5.91. The molecule has 1 aliphatic carbocycles. The van der Waals surface area contributed by atoms with Gasteiger partial charge in [-0.2, -0.15) is 0 Å². The molecule has 1 aromatic carbocycles. The number of carbonyl (C=O) groups is 1. The number of benzene rings is 1. The van der Waals surface area contributed by atoms with E-state index in [2.05, 4.69) is 21.2 Å². The van der Waals surface area contributed by atoms with Crippen LogP contribution in [0, 0.1) is 22.5 Å². The van der Waals surface area contributed by atoms with Crippen LogP contribution in [0.3, 0.4) is 0 Å². The molecule has 0 saturated heterocycles. The van der Waals surface area contributed by atoms with Crippen LogP contribution in [0.4, 0.5) is 5.69 Å². The number of hydrogen-bond donors (Lipinski definition) is 1. The third-order valence-corrected chi connectivity index (χ3v) is 4.27.